The van der Waals surface area contributed by atoms with E-state index in [0.29, 0.717) is 4.47 Å². The molecular weight excluding hydrogens is 414 g/mol. The van der Waals surface area contributed by atoms with Crippen molar-refractivity contribution in [3.8, 4) is 6.07 Å². The second-order valence-electron chi connectivity index (χ2n) is 3.72. The summed E-state index contributed by atoms with van der Waals surface area (Å²) in [5, 5.41) is 16.1. The molecule has 2 aromatic rings. The van der Waals surface area contributed by atoms with Crippen LogP contribution in [-0.4, -0.2) is 23.4 Å². The number of halogens is 2. The Hall–Kier alpha value is -1.44. The Morgan fingerprint density at radius 2 is 2.10 bits per heavy atom. The van der Waals surface area contributed by atoms with Crippen molar-refractivity contribution in [1.82, 2.24) is 15.0 Å². The summed E-state index contributed by atoms with van der Waals surface area (Å²) in [6.07, 6.45) is 0. The van der Waals surface area contributed by atoms with E-state index in [-0.39, 0.29) is 20.9 Å². The summed E-state index contributed by atoms with van der Waals surface area (Å²) < 4.78 is 28.8. The molecule has 0 fully saturated rings. The summed E-state index contributed by atoms with van der Waals surface area (Å²) in [5.41, 5.74) is 0.387. The van der Waals surface area contributed by atoms with Crippen molar-refractivity contribution in [3.63, 3.8) is 0 Å². The van der Waals surface area contributed by atoms with Crippen LogP contribution in [-0.2, 0) is 17.1 Å². The van der Waals surface area contributed by atoms with Crippen LogP contribution in [0.3, 0.4) is 0 Å². The zero-order valence-electron chi connectivity index (χ0n) is 10.0. The minimum atomic E-state index is -3.90. The number of benzene rings is 1. The highest BCUT2D eigenvalue weighted by atomic mass is 79.9. The van der Waals surface area contributed by atoms with E-state index in [4.69, 9.17) is 5.26 Å². The Bertz CT molecular complexity index is 790. The third-order valence-corrected chi connectivity index (χ3v) is 5.08. The zero-order chi connectivity index (χ0) is 14.9. The number of nitrogens with one attached hydrogen (secondary N) is 1. The predicted octanol–water partition coefficient (Wildman–Crippen LogP) is 2.01. The number of nitrogens with zero attached hydrogens (tertiary/aromatic N) is 4. The second kappa shape index (κ2) is 5.51. The molecule has 20 heavy (non-hydrogen) atoms. The first kappa shape index (κ1) is 15.0. The number of hydrogen-bond donors (Lipinski definition) is 1. The van der Waals surface area contributed by atoms with Gasteiger partial charge in [-0.05, 0) is 34.1 Å². The van der Waals surface area contributed by atoms with Crippen molar-refractivity contribution >= 4 is 47.6 Å². The van der Waals surface area contributed by atoms with Gasteiger partial charge in [0, 0.05) is 11.5 Å². The molecule has 0 aliphatic rings. The lowest BCUT2D eigenvalue weighted by atomic mass is 10.2. The number of sulfonamides is 1. The van der Waals surface area contributed by atoms with E-state index < -0.39 is 10.0 Å². The number of anilines is 1. The molecule has 0 amide bonds. The molecule has 0 aliphatic carbocycles. The Kier molecular flexibility index (Phi) is 4.12. The SMILES string of the molecule is Cn1nnc(Br)c1S(=O)(=O)Nc1ccc(Br)cc1C#N. The minimum absolute atomic E-state index is 0.100. The van der Waals surface area contributed by atoms with E-state index in [9.17, 15) is 8.42 Å². The van der Waals surface area contributed by atoms with Gasteiger partial charge in [-0.1, -0.05) is 21.1 Å². The topological polar surface area (TPSA) is 101 Å². The van der Waals surface area contributed by atoms with Gasteiger partial charge < -0.3 is 0 Å². The van der Waals surface area contributed by atoms with Gasteiger partial charge in [-0.15, -0.1) is 5.10 Å². The summed E-state index contributed by atoms with van der Waals surface area (Å²) in [7, 11) is -2.44. The lowest BCUT2D eigenvalue weighted by molar-refractivity contribution is 0.578. The number of rotatable bonds is 3. The Balaban J connectivity index is 2.47. The molecule has 0 spiro atoms. The molecule has 0 unspecified atom stereocenters. The zero-order valence-corrected chi connectivity index (χ0v) is 14.0. The third-order valence-electron chi connectivity index (χ3n) is 2.34. The molecule has 0 aliphatic heterocycles. The summed E-state index contributed by atoms with van der Waals surface area (Å²) in [4.78, 5) is 0. The highest BCUT2D eigenvalue weighted by molar-refractivity contribution is 9.10. The van der Waals surface area contributed by atoms with Crippen LogP contribution in [0.5, 0.6) is 0 Å². The molecule has 1 N–H and O–H groups in total. The van der Waals surface area contributed by atoms with Crippen LogP contribution in [0.2, 0.25) is 0 Å². The number of aryl methyl sites for hydroxylation is 1. The first-order valence-corrected chi connectivity index (χ1v) is 8.19. The largest absolute Gasteiger partial charge is 0.281 e. The molecule has 1 aromatic heterocycles. The van der Waals surface area contributed by atoms with E-state index >= 15 is 0 Å². The molecule has 7 nitrogen and oxygen atoms in total. The molecule has 0 saturated heterocycles. The van der Waals surface area contributed by atoms with Gasteiger partial charge >= 0.3 is 0 Å². The van der Waals surface area contributed by atoms with E-state index in [0.717, 1.165) is 4.68 Å². The highest BCUT2D eigenvalue weighted by Crippen LogP contribution is 2.25. The average Bonchev–Trinajstić information content (AvgIpc) is 2.71. The quantitative estimate of drug-likeness (QED) is 0.818. The molecule has 1 aromatic carbocycles. The number of nitriles is 1. The Morgan fingerprint density at radius 3 is 2.65 bits per heavy atom. The van der Waals surface area contributed by atoms with Crippen LogP contribution < -0.4 is 4.72 Å². The molecule has 104 valence electrons. The van der Waals surface area contributed by atoms with Gasteiger partial charge in [0.15, 0.2) is 4.60 Å². The molecule has 0 bridgehead atoms. The lowest BCUT2D eigenvalue weighted by Gasteiger charge is -2.09. The average molecular weight is 421 g/mol. The predicted molar refractivity (Wildman–Crippen MR) is 78.4 cm³/mol. The van der Waals surface area contributed by atoms with Gasteiger partial charge in [-0.2, -0.15) is 13.7 Å². The van der Waals surface area contributed by atoms with Crippen molar-refractivity contribution in [2.75, 3.05) is 4.72 Å². The van der Waals surface area contributed by atoms with E-state index in [2.05, 4.69) is 46.9 Å². The molecule has 2 rings (SSSR count). The highest BCUT2D eigenvalue weighted by Gasteiger charge is 2.24. The van der Waals surface area contributed by atoms with E-state index in [1.165, 1.54) is 19.2 Å². The standard InChI is InChI=1S/C10H7Br2N5O2S/c1-17-10(9(12)14-16-17)20(18,19)15-8-3-2-7(11)4-6(8)5-13/h2-4,15H,1H3. The summed E-state index contributed by atoms with van der Waals surface area (Å²) in [6.45, 7) is 0. The van der Waals surface area contributed by atoms with Gasteiger partial charge in [0.2, 0.25) is 5.03 Å². The minimum Gasteiger partial charge on any atom is -0.277 e. The third kappa shape index (κ3) is 2.84. The van der Waals surface area contributed by atoms with Crippen LogP contribution in [0.4, 0.5) is 5.69 Å². The number of aromatic nitrogens is 3. The normalized spacial score (nSPS) is 11.1. The summed E-state index contributed by atoms with van der Waals surface area (Å²) >= 11 is 6.25. The molecule has 10 heteroatoms. The van der Waals surface area contributed by atoms with Gasteiger partial charge in [0.25, 0.3) is 10.0 Å². The van der Waals surface area contributed by atoms with Gasteiger partial charge in [0.05, 0.1) is 11.3 Å². The van der Waals surface area contributed by atoms with Crippen molar-refractivity contribution in [2.45, 2.75) is 5.03 Å². The van der Waals surface area contributed by atoms with Crippen LogP contribution in [0.1, 0.15) is 5.56 Å². The molecule has 0 atom stereocenters. The second-order valence-corrected chi connectivity index (χ2v) is 6.98. The first-order valence-electron chi connectivity index (χ1n) is 5.13. The van der Waals surface area contributed by atoms with Gasteiger partial charge in [-0.3, -0.25) is 4.72 Å². The molecule has 0 saturated carbocycles. The lowest BCUT2D eigenvalue weighted by Crippen LogP contribution is -2.17. The number of hydrogen-bond acceptors (Lipinski definition) is 5. The fourth-order valence-corrected chi connectivity index (χ4v) is 4.04. The summed E-state index contributed by atoms with van der Waals surface area (Å²) in [5.74, 6) is 0. The van der Waals surface area contributed by atoms with Crippen LogP contribution >= 0.6 is 31.9 Å². The smallest absolute Gasteiger partial charge is 0.277 e. The Morgan fingerprint density at radius 1 is 1.40 bits per heavy atom. The van der Waals surface area contributed by atoms with Crippen molar-refractivity contribution in [1.29, 1.82) is 5.26 Å². The first-order chi connectivity index (χ1) is 9.35. The van der Waals surface area contributed by atoms with Crippen molar-refractivity contribution < 1.29 is 8.42 Å². The fraction of sp³-hybridized carbons (Fsp3) is 0.100. The van der Waals surface area contributed by atoms with Crippen molar-refractivity contribution in [3.05, 3.63) is 32.8 Å². The van der Waals surface area contributed by atoms with E-state index in [1.807, 2.05) is 6.07 Å². The maximum Gasteiger partial charge on any atom is 0.281 e. The van der Waals surface area contributed by atoms with Gasteiger partial charge in [-0.25, -0.2) is 4.68 Å². The van der Waals surface area contributed by atoms with E-state index in [1.54, 1.807) is 6.07 Å². The monoisotopic (exact) mass is 419 g/mol. The Labute approximate surface area is 131 Å². The maximum absolute atomic E-state index is 12.3. The molecular formula is C10H7Br2N5O2S. The van der Waals surface area contributed by atoms with Gasteiger partial charge in [0.1, 0.15) is 6.07 Å². The van der Waals surface area contributed by atoms with Crippen LogP contribution in [0.15, 0.2) is 32.3 Å². The van der Waals surface area contributed by atoms with Crippen LogP contribution in [0.25, 0.3) is 0 Å². The van der Waals surface area contributed by atoms with Crippen molar-refractivity contribution in [2.24, 2.45) is 7.05 Å². The molecule has 0 radical (unpaired) electrons. The maximum atomic E-state index is 12.3. The summed E-state index contributed by atoms with van der Waals surface area (Å²) in [6, 6.07) is 6.58. The fourth-order valence-electron chi connectivity index (χ4n) is 1.50. The van der Waals surface area contributed by atoms with Crippen LogP contribution in [0, 0.1) is 11.3 Å². The molecule has 1 heterocycles.